The maximum Gasteiger partial charge on any atom is 0.358 e. The van der Waals surface area contributed by atoms with Gasteiger partial charge in [0.05, 0.1) is 17.3 Å². The molecule has 21 heavy (non-hydrogen) atoms. The molecule has 0 aliphatic heterocycles. The van der Waals surface area contributed by atoms with Crippen LogP contribution in [0.3, 0.4) is 0 Å². The highest BCUT2D eigenvalue weighted by molar-refractivity contribution is 7.99. The van der Waals surface area contributed by atoms with Gasteiger partial charge >= 0.3 is 5.97 Å². The largest absolute Gasteiger partial charge is 0.476 e. The first-order valence-electron chi connectivity index (χ1n) is 5.96. The molecule has 3 N–H and O–H groups in total. The van der Waals surface area contributed by atoms with Gasteiger partial charge in [0.2, 0.25) is 0 Å². The van der Waals surface area contributed by atoms with Crippen LogP contribution in [0, 0.1) is 0 Å². The number of nitrogens with two attached hydrogens (primary N) is 1. The van der Waals surface area contributed by atoms with Gasteiger partial charge in [0, 0.05) is 22.2 Å². The molecule has 0 bridgehead atoms. The van der Waals surface area contributed by atoms with Crippen molar-refractivity contribution in [3.63, 3.8) is 0 Å². The highest BCUT2D eigenvalue weighted by Crippen LogP contribution is 2.29. The minimum absolute atomic E-state index is 0.0667. The molecule has 0 unspecified atom stereocenters. The first-order chi connectivity index (χ1) is 10.0. The highest BCUT2D eigenvalue weighted by Gasteiger charge is 2.17. The lowest BCUT2D eigenvalue weighted by molar-refractivity contribution is 0.0689. The molecule has 1 heterocycles. The lowest BCUT2D eigenvalue weighted by Crippen LogP contribution is -2.13. The quantitative estimate of drug-likeness (QED) is 0.780. The summed E-state index contributed by atoms with van der Waals surface area (Å²) < 4.78 is 1.49. The van der Waals surface area contributed by atoms with Gasteiger partial charge < -0.3 is 10.8 Å². The number of benzene rings is 1. The summed E-state index contributed by atoms with van der Waals surface area (Å²) in [5.41, 5.74) is 5.85. The molecule has 0 radical (unpaired) electrons. The van der Waals surface area contributed by atoms with Crippen molar-refractivity contribution in [1.29, 1.82) is 0 Å². The van der Waals surface area contributed by atoms with Crippen molar-refractivity contribution in [1.82, 2.24) is 15.0 Å². The molecule has 2 aromatic rings. The third-order valence-electron chi connectivity index (χ3n) is 2.69. The van der Waals surface area contributed by atoms with Crippen molar-refractivity contribution in [2.45, 2.75) is 18.0 Å². The molecule has 0 aliphatic carbocycles. The molecule has 1 aromatic heterocycles. The van der Waals surface area contributed by atoms with E-state index in [1.165, 1.54) is 16.4 Å². The molecule has 0 spiro atoms. The minimum atomic E-state index is -1.13. The molecule has 0 amide bonds. The van der Waals surface area contributed by atoms with Gasteiger partial charge in [-0.15, -0.1) is 16.9 Å². The van der Waals surface area contributed by atoms with Crippen LogP contribution in [0.1, 0.15) is 16.2 Å². The lowest BCUT2D eigenvalue weighted by atomic mass is 10.3. The monoisotopic (exact) mass is 346 g/mol. The Balaban J connectivity index is 2.04. The molecule has 9 heteroatoms. The molecule has 0 fully saturated rings. The summed E-state index contributed by atoms with van der Waals surface area (Å²) in [6.45, 7) is 0.539. The van der Waals surface area contributed by atoms with E-state index in [1.807, 2.05) is 0 Å². The number of hydrogen-bond acceptors (Lipinski definition) is 5. The number of rotatable bonds is 6. The molecule has 0 saturated heterocycles. The van der Waals surface area contributed by atoms with Crippen LogP contribution in [-0.4, -0.2) is 31.8 Å². The van der Waals surface area contributed by atoms with Crippen molar-refractivity contribution in [3.05, 3.63) is 39.6 Å². The second-order valence-electron chi connectivity index (χ2n) is 4.04. The number of carboxylic acids is 1. The van der Waals surface area contributed by atoms with Gasteiger partial charge in [-0.05, 0) is 18.2 Å². The maximum absolute atomic E-state index is 11.0. The molecule has 6 nitrogen and oxygen atoms in total. The third kappa shape index (κ3) is 3.88. The summed E-state index contributed by atoms with van der Waals surface area (Å²) >= 11 is 13.5. The van der Waals surface area contributed by atoms with Gasteiger partial charge in [0.25, 0.3) is 0 Å². The smallest absolute Gasteiger partial charge is 0.358 e. The number of hydrogen-bond donors (Lipinski definition) is 2. The van der Waals surface area contributed by atoms with Crippen LogP contribution in [0.25, 0.3) is 0 Å². The van der Waals surface area contributed by atoms with Crippen LogP contribution < -0.4 is 5.73 Å². The zero-order valence-corrected chi connectivity index (χ0v) is 13.1. The number of carboxylic acid groups (broad SMARTS) is 1. The SMILES string of the molecule is NCc1c(C(=O)O)nnn1CCSc1cc(Cl)ccc1Cl. The van der Waals surface area contributed by atoms with E-state index in [4.69, 9.17) is 34.0 Å². The first kappa shape index (κ1) is 16.1. The number of nitrogens with zero attached hydrogens (tertiary/aromatic N) is 3. The second-order valence-corrected chi connectivity index (χ2v) is 6.02. The van der Waals surface area contributed by atoms with Crippen LogP contribution >= 0.6 is 35.0 Å². The normalized spacial score (nSPS) is 10.8. The third-order valence-corrected chi connectivity index (χ3v) is 4.40. The number of halogens is 2. The van der Waals surface area contributed by atoms with Gasteiger partial charge in [-0.2, -0.15) is 0 Å². The molecule has 112 valence electrons. The van der Waals surface area contributed by atoms with Crippen molar-refractivity contribution in [2.24, 2.45) is 5.73 Å². The number of carbonyl (C=O) groups is 1. The Hall–Kier alpha value is -1.28. The van der Waals surface area contributed by atoms with Gasteiger partial charge in [0.1, 0.15) is 0 Å². The van der Waals surface area contributed by atoms with Gasteiger partial charge in [-0.1, -0.05) is 28.4 Å². The number of aryl methyl sites for hydroxylation is 1. The molecule has 0 aliphatic rings. The zero-order chi connectivity index (χ0) is 15.4. The fraction of sp³-hybridized carbons (Fsp3) is 0.250. The van der Waals surface area contributed by atoms with Crippen molar-refractivity contribution in [2.75, 3.05) is 5.75 Å². The minimum Gasteiger partial charge on any atom is -0.476 e. The Morgan fingerprint density at radius 3 is 2.86 bits per heavy atom. The molecule has 2 rings (SSSR count). The van der Waals surface area contributed by atoms with Crippen molar-refractivity contribution >= 4 is 40.9 Å². The maximum atomic E-state index is 11.0. The topological polar surface area (TPSA) is 94.0 Å². The summed E-state index contributed by atoms with van der Waals surface area (Å²) in [5.74, 6) is -0.498. The standard InChI is InChI=1S/C12H12Cl2N4O2S/c13-7-1-2-8(14)10(5-7)21-4-3-18-9(6-15)11(12(19)20)16-17-18/h1-2,5H,3-4,6,15H2,(H,19,20). The van der Waals surface area contributed by atoms with Gasteiger partial charge in [-0.3, -0.25) is 0 Å². The summed E-state index contributed by atoms with van der Waals surface area (Å²) in [7, 11) is 0. The van der Waals surface area contributed by atoms with Crippen molar-refractivity contribution in [3.8, 4) is 0 Å². The lowest BCUT2D eigenvalue weighted by Gasteiger charge is -2.07. The average Bonchev–Trinajstić information content (AvgIpc) is 2.85. The number of aromatic nitrogens is 3. The van der Waals surface area contributed by atoms with E-state index in [-0.39, 0.29) is 12.2 Å². The van der Waals surface area contributed by atoms with E-state index in [0.29, 0.717) is 28.0 Å². The fourth-order valence-electron chi connectivity index (χ4n) is 1.71. The fourth-order valence-corrected chi connectivity index (χ4v) is 3.13. The summed E-state index contributed by atoms with van der Waals surface area (Å²) in [5, 5.41) is 17.6. The predicted molar refractivity (Wildman–Crippen MR) is 82.1 cm³/mol. The van der Waals surface area contributed by atoms with Crippen LogP contribution in [-0.2, 0) is 13.1 Å². The summed E-state index contributed by atoms with van der Waals surface area (Å²) in [6.07, 6.45) is 0. The van der Waals surface area contributed by atoms with Crippen LogP contribution in [0.5, 0.6) is 0 Å². The van der Waals surface area contributed by atoms with Gasteiger partial charge in [0.15, 0.2) is 5.69 Å². The molecule has 1 aromatic carbocycles. The van der Waals surface area contributed by atoms with E-state index >= 15 is 0 Å². The van der Waals surface area contributed by atoms with E-state index in [0.717, 1.165) is 4.90 Å². The number of aromatic carboxylic acids is 1. The van der Waals surface area contributed by atoms with E-state index in [2.05, 4.69) is 10.3 Å². The Morgan fingerprint density at radius 1 is 1.43 bits per heavy atom. The molecular weight excluding hydrogens is 335 g/mol. The van der Waals surface area contributed by atoms with Gasteiger partial charge in [-0.25, -0.2) is 9.48 Å². The Kier molecular flexibility index (Phi) is 5.46. The van der Waals surface area contributed by atoms with E-state index in [1.54, 1.807) is 18.2 Å². The first-order valence-corrected chi connectivity index (χ1v) is 7.70. The second kappa shape index (κ2) is 7.13. The molecule has 0 atom stereocenters. The predicted octanol–water partition coefficient (Wildman–Crippen LogP) is 2.53. The Bertz CT molecular complexity index is 663. The van der Waals surface area contributed by atoms with E-state index in [9.17, 15) is 4.79 Å². The van der Waals surface area contributed by atoms with Crippen LogP contribution in [0.15, 0.2) is 23.1 Å². The Labute approximate surface area is 135 Å². The van der Waals surface area contributed by atoms with Crippen molar-refractivity contribution < 1.29 is 9.90 Å². The summed E-state index contributed by atoms with van der Waals surface area (Å²) in [6, 6.07) is 5.23. The van der Waals surface area contributed by atoms with Crippen LogP contribution in [0.4, 0.5) is 0 Å². The average molecular weight is 347 g/mol. The zero-order valence-electron chi connectivity index (χ0n) is 10.8. The Morgan fingerprint density at radius 2 is 2.19 bits per heavy atom. The van der Waals surface area contributed by atoms with E-state index < -0.39 is 5.97 Å². The molecular formula is C12H12Cl2N4O2S. The highest BCUT2D eigenvalue weighted by atomic mass is 35.5. The molecule has 0 saturated carbocycles. The van der Waals surface area contributed by atoms with Crippen LogP contribution in [0.2, 0.25) is 10.0 Å². The number of thioether (sulfide) groups is 1. The summed E-state index contributed by atoms with van der Waals surface area (Å²) in [4.78, 5) is 11.8.